The number of pyridine rings is 1. The molecule has 1 aromatic carbocycles. The first-order chi connectivity index (χ1) is 16.3. The number of H-pyrrole nitrogens is 1. The second-order valence-corrected chi connectivity index (χ2v) is 10.8. The van der Waals surface area contributed by atoms with Crippen molar-refractivity contribution in [2.75, 3.05) is 35.4 Å². The summed E-state index contributed by atoms with van der Waals surface area (Å²) in [6.07, 6.45) is 3.53. The smallest absolute Gasteiger partial charge is 0.270 e. The van der Waals surface area contributed by atoms with Crippen LogP contribution in [0, 0.1) is 0 Å². The molecule has 1 aliphatic heterocycles. The van der Waals surface area contributed by atoms with E-state index in [0.717, 1.165) is 35.1 Å². The zero-order valence-electron chi connectivity index (χ0n) is 19.5. The molecule has 0 unspecified atom stereocenters. The zero-order valence-corrected chi connectivity index (χ0v) is 20.4. The van der Waals surface area contributed by atoms with E-state index in [0.29, 0.717) is 36.4 Å². The van der Waals surface area contributed by atoms with E-state index in [1.165, 1.54) is 0 Å². The van der Waals surface area contributed by atoms with E-state index in [9.17, 15) is 13.2 Å². The molecule has 4 rings (SSSR count). The number of rotatable bonds is 8. The van der Waals surface area contributed by atoms with Gasteiger partial charge in [0.25, 0.3) is 5.91 Å². The van der Waals surface area contributed by atoms with Crippen molar-refractivity contribution in [2.24, 2.45) is 5.73 Å². The molecule has 0 spiro atoms. The summed E-state index contributed by atoms with van der Waals surface area (Å²) < 4.78 is 26.5. The molecule has 1 aliphatic rings. The van der Waals surface area contributed by atoms with Crippen LogP contribution in [0.4, 0.5) is 11.4 Å². The van der Waals surface area contributed by atoms with E-state index in [1.807, 2.05) is 17.2 Å². The molecule has 1 saturated heterocycles. The minimum Gasteiger partial charge on any atom is -0.381 e. The van der Waals surface area contributed by atoms with Gasteiger partial charge in [-0.2, -0.15) is 0 Å². The zero-order chi connectivity index (χ0) is 24.3. The van der Waals surface area contributed by atoms with Gasteiger partial charge in [0.2, 0.25) is 10.0 Å². The third-order valence-electron chi connectivity index (χ3n) is 5.96. The van der Waals surface area contributed by atoms with Gasteiger partial charge in [0.05, 0.1) is 17.1 Å². The summed E-state index contributed by atoms with van der Waals surface area (Å²) in [5, 5.41) is 4.24. The molecule has 0 bridgehead atoms. The van der Waals surface area contributed by atoms with Crippen LogP contribution in [0.25, 0.3) is 10.9 Å². The van der Waals surface area contributed by atoms with Crippen LogP contribution in [0.1, 0.15) is 48.8 Å². The van der Waals surface area contributed by atoms with Gasteiger partial charge in [0, 0.05) is 54.4 Å². The quantitative estimate of drug-likeness (QED) is 0.388. The number of fused-ring (bicyclic) bond motifs is 1. The molecule has 0 saturated carbocycles. The van der Waals surface area contributed by atoms with E-state index in [4.69, 9.17) is 5.73 Å². The summed E-state index contributed by atoms with van der Waals surface area (Å²) in [6.45, 7) is 5.57. The van der Waals surface area contributed by atoms with Crippen LogP contribution < -0.4 is 15.8 Å². The maximum atomic E-state index is 13.2. The lowest BCUT2D eigenvalue weighted by atomic mass is 9.91. The standard InChI is InChI=1S/C24H32N6O3S/c1-16(2)27-21-4-3-10-26-23(21)17-7-11-30(12-8-17)24(31)22-15-18-14-19(5-6-20(18)28-22)29-34(32,33)13-9-25/h3-6,10,14-17,27-29H,7-9,11-13,25H2,1-2H3. The van der Waals surface area contributed by atoms with Crippen LogP contribution in [-0.2, 0) is 10.0 Å². The number of piperidine rings is 1. The van der Waals surface area contributed by atoms with Crippen molar-refractivity contribution >= 4 is 38.2 Å². The number of nitrogens with one attached hydrogen (secondary N) is 3. The Balaban J connectivity index is 1.44. The second kappa shape index (κ2) is 10.0. The number of likely N-dealkylation sites (tertiary alicyclic amines) is 1. The average Bonchev–Trinajstić information content (AvgIpc) is 3.22. The van der Waals surface area contributed by atoms with Gasteiger partial charge in [-0.05, 0) is 63.1 Å². The number of carbonyl (C=O) groups is 1. The Morgan fingerprint density at radius 2 is 2.00 bits per heavy atom. The fourth-order valence-electron chi connectivity index (χ4n) is 4.40. The Bertz CT molecular complexity index is 1260. The van der Waals surface area contributed by atoms with Gasteiger partial charge < -0.3 is 20.9 Å². The number of hydrogen-bond acceptors (Lipinski definition) is 6. The van der Waals surface area contributed by atoms with Gasteiger partial charge in [0.1, 0.15) is 5.69 Å². The summed E-state index contributed by atoms with van der Waals surface area (Å²) in [5.74, 6) is 0.102. The van der Waals surface area contributed by atoms with Crippen molar-refractivity contribution in [3.8, 4) is 0 Å². The molecule has 0 aliphatic carbocycles. The van der Waals surface area contributed by atoms with Gasteiger partial charge in [-0.3, -0.25) is 14.5 Å². The largest absolute Gasteiger partial charge is 0.381 e. The van der Waals surface area contributed by atoms with Gasteiger partial charge in [-0.1, -0.05) is 0 Å². The Morgan fingerprint density at radius 3 is 2.71 bits per heavy atom. The first kappa shape index (κ1) is 24.0. The third-order valence-corrected chi connectivity index (χ3v) is 7.28. The minimum atomic E-state index is -3.49. The lowest BCUT2D eigenvalue weighted by Crippen LogP contribution is -2.38. The highest BCUT2D eigenvalue weighted by Gasteiger charge is 2.27. The lowest BCUT2D eigenvalue weighted by molar-refractivity contribution is 0.0707. The molecule has 182 valence electrons. The summed E-state index contributed by atoms with van der Waals surface area (Å²) in [7, 11) is -3.49. The maximum Gasteiger partial charge on any atom is 0.270 e. The minimum absolute atomic E-state index is 0.0486. The van der Waals surface area contributed by atoms with E-state index in [-0.39, 0.29) is 18.2 Å². The van der Waals surface area contributed by atoms with Gasteiger partial charge in [-0.15, -0.1) is 0 Å². The molecular weight excluding hydrogens is 452 g/mol. The van der Waals surface area contributed by atoms with Crippen LogP contribution in [0.2, 0.25) is 0 Å². The van der Waals surface area contributed by atoms with Crippen LogP contribution in [-0.4, -0.2) is 60.6 Å². The topological polar surface area (TPSA) is 133 Å². The SMILES string of the molecule is CC(C)Nc1cccnc1C1CCN(C(=O)c2cc3cc(NS(=O)(=O)CCN)ccc3[nH]2)CC1. The molecule has 5 N–H and O–H groups in total. The molecule has 0 atom stereocenters. The van der Waals surface area contributed by atoms with E-state index in [2.05, 4.69) is 39.9 Å². The summed E-state index contributed by atoms with van der Waals surface area (Å²) >= 11 is 0. The van der Waals surface area contributed by atoms with Crippen molar-refractivity contribution < 1.29 is 13.2 Å². The van der Waals surface area contributed by atoms with Gasteiger partial charge in [0.15, 0.2) is 0 Å². The Kier molecular flexibility index (Phi) is 7.08. The molecular formula is C24H32N6O3S. The van der Waals surface area contributed by atoms with Crippen molar-refractivity contribution in [3.05, 3.63) is 54.0 Å². The van der Waals surface area contributed by atoms with E-state index < -0.39 is 10.0 Å². The number of amides is 1. The first-order valence-electron chi connectivity index (χ1n) is 11.6. The first-order valence-corrected chi connectivity index (χ1v) is 13.2. The van der Waals surface area contributed by atoms with Crippen molar-refractivity contribution in [3.63, 3.8) is 0 Å². The molecule has 34 heavy (non-hydrogen) atoms. The molecule has 1 fully saturated rings. The van der Waals surface area contributed by atoms with Crippen LogP contribution in [0.3, 0.4) is 0 Å². The number of aromatic amines is 1. The third kappa shape index (κ3) is 5.51. The number of anilines is 2. The molecule has 9 nitrogen and oxygen atoms in total. The second-order valence-electron chi connectivity index (χ2n) is 9.00. The Hall–Kier alpha value is -3.11. The summed E-state index contributed by atoms with van der Waals surface area (Å²) in [5.41, 5.74) is 9.21. The highest BCUT2D eigenvalue weighted by atomic mass is 32.2. The highest BCUT2D eigenvalue weighted by molar-refractivity contribution is 7.92. The molecule has 0 radical (unpaired) electrons. The Morgan fingerprint density at radius 1 is 1.24 bits per heavy atom. The number of hydrogen-bond donors (Lipinski definition) is 4. The van der Waals surface area contributed by atoms with Crippen LogP contribution in [0.15, 0.2) is 42.6 Å². The predicted octanol–water partition coefficient (Wildman–Crippen LogP) is 3.10. The van der Waals surface area contributed by atoms with Crippen LogP contribution in [0.5, 0.6) is 0 Å². The number of carbonyl (C=O) groups excluding carboxylic acids is 1. The van der Waals surface area contributed by atoms with E-state index in [1.54, 1.807) is 24.3 Å². The number of aromatic nitrogens is 2. The van der Waals surface area contributed by atoms with Crippen LogP contribution >= 0.6 is 0 Å². The lowest BCUT2D eigenvalue weighted by Gasteiger charge is -2.32. The number of benzene rings is 1. The molecule has 2 aromatic heterocycles. The van der Waals surface area contributed by atoms with Gasteiger partial charge in [-0.25, -0.2) is 8.42 Å². The predicted molar refractivity (Wildman–Crippen MR) is 136 cm³/mol. The average molecular weight is 485 g/mol. The van der Waals surface area contributed by atoms with E-state index >= 15 is 0 Å². The fourth-order valence-corrected chi connectivity index (χ4v) is 5.30. The molecule has 3 aromatic rings. The highest BCUT2D eigenvalue weighted by Crippen LogP contribution is 2.32. The van der Waals surface area contributed by atoms with Crippen molar-refractivity contribution in [1.29, 1.82) is 0 Å². The van der Waals surface area contributed by atoms with Gasteiger partial charge >= 0.3 is 0 Å². The number of nitrogens with zero attached hydrogens (tertiary/aromatic N) is 2. The fraction of sp³-hybridized carbons (Fsp3) is 0.417. The number of sulfonamides is 1. The maximum absolute atomic E-state index is 13.2. The number of nitrogens with two attached hydrogens (primary N) is 1. The molecule has 3 heterocycles. The van der Waals surface area contributed by atoms with Crippen molar-refractivity contribution in [1.82, 2.24) is 14.9 Å². The Labute approximate surface area is 200 Å². The molecule has 10 heteroatoms. The summed E-state index contributed by atoms with van der Waals surface area (Å²) in [6, 6.07) is 11.3. The van der Waals surface area contributed by atoms with Crippen molar-refractivity contribution in [2.45, 2.75) is 38.6 Å². The normalized spacial score (nSPS) is 15.1. The monoisotopic (exact) mass is 484 g/mol. The summed E-state index contributed by atoms with van der Waals surface area (Å²) in [4.78, 5) is 22.8. The molecule has 1 amide bonds.